The molecular formula is C24H28ClN3O4S. The molecule has 1 saturated carbocycles. The zero-order chi connectivity index (χ0) is 23.8. The first-order chi connectivity index (χ1) is 15.6. The van der Waals surface area contributed by atoms with Gasteiger partial charge in [0.1, 0.15) is 5.54 Å². The van der Waals surface area contributed by atoms with E-state index in [0.29, 0.717) is 10.7 Å². The second-order valence-corrected chi connectivity index (χ2v) is 11.4. The van der Waals surface area contributed by atoms with Crippen molar-refractivity contribution >= 4 is 39.1 Å². The molecule has 0 unspecified atom stereocenters. The highest BCUT2D eigenvalue weighted by Gasteiger charge is 2.51. The van der Waals surface area contributed by atoms with Crippen LogP contribution in [0.3, 0.4) is 0 Å². The fourth-order valence-corrected chi connectivity index (χ4v) is 6.29. The molecule has 0 radical (unpaired) electrons. The van der Waals surface area contributed by atoms with Gasteiger partial charge in [0, 0.05) is 23.3 Å². The maximum absolute atomic E-state index is 13.6. The number of nitrogens with one attached hydrogen (secondary N) is 1. The third-order valence-corrected chi connectivity index (χ3v) is 8.48. The molecule has 2 aromatic rings. The highest BCUT2D eigenvalue weighted by molar-refractivity contribution is 7.89. The number of carbonyl (C=O) groups is 2. The average molecular weight is 490 g/mol. The third-order valence-electron chi connectivity index (χ3n) is 6.44. The molecule has 7 nitrogen and oxygen atoms in total. The van der Waals surface area contributed by atoms with E-state index in [4.69, 9.17) is 11.6 Å². The van der Waals surface area contributed by atoms with E-state index < -0.39 is 21.5 Å². The summed E-state index contributed by atoms with van der Waals surface area (Å²) in [4.78, 5) is 28.5. The summed E-state index contributed by atoms with van der Waals surface area (Å²) in [6.07, 6.45) is 3.82. The molecule has 1 saturated heterocycles. The predicted molar refractivity (Wildman–Crippen MR) is 128 cm³/mol. The Hall–Kier alpha value is -2.42. The number of sulfonamides is 1. The first kappa shape index (κ1) is 23.7. The average Bonchev–Trinajstić information content (AvgIpc) is 3.26. The van der Waals surface area contributed by atoms with Gasteiger partial charge in [-0.1, -0.05) is 48.2 Å². The molecule has 0 bridgehead atoms. The molecule has 2 amide bonds. The molecule has 2 aromatic carbocycles. The minimum atomic E-state index is -3.98. The molecule has 176 valence electrons. The summed E-state index contributed by atoms with van der Waals surface area (Å²) in [6, 6.07) is 13.2. The molecular weight excluding hydrogens is 462 g/mol. The Balaban J connectivity index is 1.73. The van der Waals surface area contributed by atoms with Crippen LogP contribution in [0.2, 0.25) is 5.02 Å². The zero-order valence-electron chi connectivity index (χ0n) is 18.8. The smallest absolute Gasteiger partial charge is 0.247 e. The highest BCUT2D eigenvalue weighted by atomic mass is 35.5. The van der Waals surface area contributed by atoms with E-state index in [1.165, 1.54) is 17.0 Å². The van der Waals surface area contributed by atoms with Gasteiger partial charge in [0.25, 0.3) is 0 Å². The molecule has 0 spiro atoms. The number of hydrogen-bond donors (Lipinski definition) is 1. The Morgan fingerprint density at radius 1 is 1.12 bits per heavy atom. The Morgan fingerprint density at radius 2 is 1.79 bits per heavy atom. The topological polar surface area (TPSA) is 86.8 Å². The van der Waals surface area contributed by atoms with Crippen molar-refractivity contribution in [3.05, 3.63) is 59.1 Å². The number of piperazine rings is 1. The molecule has 2 fully saturated rings. The Bertz CT molecular complexity index is 1160. The molecule has 1 heterocycles. The van der Waals surface area contributed by atoms with Crippen LogP contribution in [0.25, 0.3) is 0 Å². The standard InChI is InChI=1S/C24H28ClN3O4S/c1-17-10-12-21(13-11-17)33(31,32)27-15-22(29)28(20-9-5-6-18(25)14-20)24(2,16-27)23(30)26-19-7-3-4-8-19/h5-6,9-14,19H,3-4,7-8,15-16H2,1-2H3,(H,26,30)/t24-/m0/s1. The quantitative estimate of drug-likeness (QED) is 0.696. The van der Waals surface area contributed by atoms with Crippen molar-refractivity contribution in [1.82, 2.24) is 9.62 Å². The van der Waals surface area contributed by atoms with E-state index in [9.17, 15) is 18.0 Å². The first-order valence-corrected chi connectivity index (χ1v) is 12.9. The van der Waals surface area contributed by atoms with Crippen LogP contribution in [-0.4, -0.2) is 49.2 Å². The van der Waals surface area contributed by atoms with Gasteiger partial charge in [-0.3, -0.25) is 14.5 Å². The van der Waals surface area contributed by atoms with Gasteiger partial charge in [0.05, 0.1) is 11.4 Å². The molecule has 2 aliphatic rings. The molecule has 1 aliphatic heterocycles. The summed E-state index contributed by atoms with van der Waals surface area (Å²) in [7, 11) is -3.98. The Kier molecular flexibility index (Phi) is 6.53. The van der Waals surface area contributed by atoms with Gasteiger partial charge >= 0.3 is 0 Å². The van der Waals surface area contributed by atoms with Crippen molar-refractivity contribution in [1.29, 1.82) is 0 Å². The van der Waals surface area contributed by atoms with Crippen LogP contribution in [0.15, 0.2) is 53.4 Å². The number of carbonyl (C=O) groups excluding carboxylic acids is 2. The maximum atomic E-state index is 13.6. The summed E-state index contributed by atoms with van der Waals surface area (Å²) in [5.41, 5.74) is -0.0547. The molecule has 9 heteroatoms. The van der Waals surface area contributed by atoms with E-state index in [1.54, 1.807) is 43.3 Å². The lowest BCUT2D eigenvalue weighted by Crippen LogP contribution is -2.70. The lowest BCUT2D eigenvalue weighted by molar-refractivity contribution is -0.133. The number of hydrogen-bond acceptors (Lipinski definition) is 4. The summed E-state index contributed by atoms with van der Waals surface area (Å²) in [6.45, 7) is 2.95. The lowest BCUT2D eigenvalue weighted by Gasteiger charge is -2.47. The van der Waals surface area contributed by atoms with Crippen LogP contribution in [-0.2, 0) is 19.6 Å². The van der Waals surface area contributed by atoms with Crippen molar-refractivity contribution in [2.45, 2.75) is 56.0 Å². The molecule has 1 aliphatic carbocycles. The van der Waals surface area contributed by atoms with E-state index >= 15 is 0 Å². The van der Waals surface area contributed by atoms with Crippen LogP contribution in [0.5, 0.6) is 0 Å². The van der Waals surface area contributed by atoms with Crippen LogP contribution < -0.4 is 10.2 Å². The minimum Gasteiger partial charge on any atom is -0.351 e. The third kappa shape index (κ3) is 4.65. The Labute approximate surface area is 199 Å². The van der Waals surface area contributed by atoms with Crippen LogP contribution in [0.1, 0.15) is 38.2 Å². The molecule has 4 rings (SSSR count). The van der Waals surface area contributed by atoms with E-state index in [-0.39, 0.29) is 29.9 Å². The molecule has 33 heavy (non-hydrogen) atoms. The first-order valence-electron chi connectivity index (χ1n) is 11.1. The monoisotopic (exact) mass is 489 g/mol. The SMILES string of the molecule is Cc1ccc(S(=O)(=O)N2CC(=O)N(c3cccc(Cl)c3)[C@](C)(C(=O)NC3CCCC3)C2)cc1. The Morgan fingerprint density at radius 3 is 2.42 bits per heavy atom. The minimum absolute atomic E-state index is 0.0229. The van der Waals surface area contributed by atoms with Crippen molar-refractivity contribution in [3.63, 3.8) is 0 Å². The van der Waals surface area contributed by atoms with E-state index in [1.807, 2.05) is 6.92 Å². The van der Waals surface area contributed by atoms with Crippen LogP contribution >= 0.6 is 11.6 Å². The zero-order valence-corrected chi connectivity index (χ0v) is 20.3. The van der Waals surface area contributed by atoms with Crippen molar-refractivity contribution < 1.29 is 18.0 Å². The summed E-state index contributed by atoms with van der Waals surface area (Å²) < 4.78 is 27.9. The van der Waals surface area contributed by atoms with E-state index in [2.05, 4.69) is 5.32 Å². The van der Waals surface area contributed by atoms with E-state index in [0.717, 1.165) is 35.6 Å². The van der Waals surface area contributed by atoms with Gasteiger partial charge in [0.15, 0.2) is 0 Å². The second kappa shape index (κ2) is 9.08. The summed E-state index contributed by atoms with van der Waals surface area (Å²) >= 11 is 6.17. The molecule has 1 atom stereocenters. The van der Waals surface area contributed by atoms with Crippen molar-refractivity contribution in [3.8, 4) is 0 Å². The van der Waals surface area contributed by atoms with Gasteiger partial charge in [-0.2, -0.15) is 4.31 Å². The number of halogens is 1. The van der Waals surface area contributed by atoms with Gasteiger partial charge in [-0.05, 0) is 57.0 Å². The van der Waals surface area contributed by atoms with Crippen molar-refractivity contribution in [2.24, 2.45) is 0 Å². The van der Waals surface area contributed by atoms with Crippen molar-refractivity contribution in [2.75, 3.05) is 18.0 Å². The van der Waals surface area contributed by atoms with Gasteiger partial charge in [0.2, 0.25) is 21.8 Å². The second-order valence-electron chi connectivity index (χ2n) is 9.02. The van der Waals surface area contributed by atoms with Gasteiger partial charge in [-0.15, -0.1) is 0 Å². The molecule has 0 aromatic heterocycles. The van der Waals surface area contributed by atoms with Crippen LogP contribution in [0.4, 0.5) is 5.69 Å². The number of amides is 2. The predicted octanol–water partition coefficient (Wildman–Crippen LogP) is 3.50. The molecule has 1 N–H and O–H groups in total. The maximum Gasteiger partial charge on any atom is 0.247 e. The summed E-state index contributed by atoms with van der Waals surface area (Å²) in [5, 5.41) is 3.48. The van der Waals surface area contributed by atoms with Gasteiger partial charge < -0.3 is 5.32 Å². The number of aryl methyl sites for hydroxylation is 1. The highest BCUT2D eigenvalue weighted by Crippen LogP contribution is 2.34. The lowest BCUT2D eigenvalue weighted by atomic mass is 9.94. The largest absolute Gasteiger partial charge is 0.351 e. The number of benzene rings is 2. The fourth-order valence-electron chi connectivity index (χ4n) is 4.62. The number of nitrogens with zero attached hydrogens (tertiary/aromatic N) is 2. The number of anilines is 1. The fraction of sp³-hybridized carbons (Fsp3) is 0.417. The van der Waals surface area contributed by atoms with Crippen LogP contribution in [0, 0.1) is 6.92 Å². The summed E-state index contributed by atoms with van der Waals surface area (Å²) in [5.74, 6) is -0.852. The number of rotatable bonds is 5. The van der Waals surface area contributed by atoms with Gasteiger partial charge in [-0.25, -0.2) is 8.42 Å². The normalized spacial score (nSPS) is 22.5.